The highest BCUT2D eigenvalue weighted by molar-refractivity contribution is 7.99. The fourth-order valence-corrected chi connectivity index (χ4v) is 3.58. The molecule has 0 aromatic heterocycles. The van der Waals surface area contributed by atoms with Gasteiger partial charge in [-0.15, -0.1) is 0 Å². The zero-order valence-electron chi connectivity index (χ0n) is 11.3. The predicted octanol–water partition coefficient (Wildman–Crippen LogP) is -1.77. The molecule has 1 saturated heterocycles. The number of benzene rings is 1. The van der Waals surface area contributed by atoms with Crippen molar-refractivity contribution in [3.63, 3.8) is 0 Å². The number of hydrogen-bond donors (Lipinski definition) is 5. The molecule has 0 radical (unpaired) electrons. The first-order valence-corrected chi connectivity index (χ1v) is 8.76. The van der Waals surface area contributed by atoms with E-state index in [9.17, 15) is 23.7 Å². The van der Waals surface area contributed by atoms with Crippen molar-refractivity contribution in [2.45, 2.75) is 39.6 Å². The Morgan fingerprint density at radius 1 is 1.09 bits per heavy atom. The molecule has 0 saturated carbocycles. The maximum absolute atomic E-state index is 11.2. The maximum atomic E-state index is 11.2. The summed E-state index contributed by atoms with van der Waals surface area (Å²) in [5, 5.41) is 43.4. The van der Waals surface area contributed by atoms with Crippen LogP contribution >= 0.6 is 11.8 Å². The van der Waals surface area contributed by atoms with Crippen LogP contribution in [0.5, 0.6) is 0 Å². The summed E-state index contributed by atoms with van der Waals surface area (Å²) in [6.45, 7) is -0.508. The number of hydrogen-bond acceptors (Lipinski definition) is 8. The molecule has 1 aromatic carbocycles. The average molecular weight is 351 g/mol. The van der Waals surface area contributed by atoms with Crippen LogP contribution in [0.2, 0.25) is 0 Å². The van der Waals surface area contributed by atoms with Crippen LogP contribution in [0.25, 0.3) is 0 Å². The quantitative estimate of drug-likeness (QED) is 0.427. The van der Waals surface area contributed by atoms with Gasteiger partial charge in [0.25, 0.3) is 0 Å². The van der Waals surface area contributed by atoms with Gasteiger partial charge in [0.05, 0.1) is 11.5 Å². The summed E-state index contributed by atoms with van der Waals surface area (Å²) < 4.78 is 27.7. The normalized spacial score (nSPS) is 32.9. The number of sulfonamides is 1. The molecule has 0 bridgehead atoms. The molecule has 0 spiro atoms. The highest BCUT2D eigenvalue weighted by Crippen LogP contribution is 2.33. The van der Waals surface area contributed by atoms with Gasteiger partial charge in [0.2, 0.25) is 10.0 Å². The van der Waals surface area contributed by atoms with Gasteiger partial charge in [-0.2, -0.15) is 0 Å². The Labute approximate surface area is 131 Å². The van der Waals surface area contributed by atoms with Crippen molar-refractivity contribution in [2.24, 2.45) is 5.14 Å². The van der Waals surface area contributed by atoms with E-state index in [1.54, 1.807) is 0 Å². The van der Waals surface area contributed by atoms with Crippen molar-refractivity contribution < 1.29 is 33.6 Å². The summed E-state index contributed by atoms with van der Waals surface area (Å²) in [6.07, 6.45) is -5.21. The van der Waals surface area contributed by atoms with Gasteiger partial charge in [0.15, 0.2) is 0 Å². The molecule has 0 unspecified atom stereocenters. The van der Waals surface area contributed by atoms with Crippen molar-refractivity contribution in [3.8, 4) is 0 Å². The molecule has 1 aliphatic rings. The third-order valence-electron chi connectivity index (χ3n) is 3.25. The lowest BCUT2D eigenvalue weighted by molar-refractivity contribution is -0.205. The fraction of sp³-hybridized carbons (Fsp3) is 0.500. The zero-order chi connectivity index (χ0) is 16.5. The van der Waals surface area contributed by atoms with Crippen LogP contribution in [0, 0.1) is 0 Å². The van der Waals surface area contributed by atoms with Crippen molar-refractivity contribution in [2.75, 3.05) is 6.61 Å². The van der Waals surface area contributed by atoms with Gasteiger partial charge in [-0.3, -0.25) is 0 Å². The van der Waals surface area contributed by atoms with Gasteiger partial charge >= 0.3 is 0 Å². The van der Waals surface area contributed by atoms with Crippen LogP contribution in [0.3, 0.4) is 0 Å². The summed E-state index contributed by atoms with van der Waals surface area (Å²) in [6, 6.07) is 5.57. The second kappa shape index (κ2) is 6.81. The Bertz CT molecular complexity index is 604. The Morgan fingerprint density at radius 3 is 2.18 bits per heavy atom. The topological polar surface area (TPSA) is 150 Å². The third-order valence-corrected chi connectivity index (χ3v) is 5.35. The Morgan fingerprint density at radius 2 is 1.68 bits per heavy atom. The monoisotopic (exact) mass is 351 g/mol. The standard InChI is InChI=1S/C12H17NO7S2/c13-22(18,19)7-3-1-6(2-4-7)21-12-11(17)10(16)9(15)8(5-14)20-12/h1-4,8-12,14-17H,5H2,(H2,13,18,19)/t8-,9+,10+,11-,12+/m1/s1. The average Bonchev–Trinajstić information content (AvgIpc) is 2.47. The second-order valence-electron chi connectivity index (χ2n) is 4.83. The van der Waals surface area contributed by atoms with Crippen molar-refractivity contribution in [1.29, 1.82) is 0 Å². The molecule has 0 amide bonds. The van der Waals surface area contributed by atoms with Crippen molar-refractivity contribution in [3.05, 3.63) is 24.3 Å². The minimum absolute atomic E-state index is 0.0503. The van der Waals surface area contributed by atoms with E-state index >= 15 is 0 Å². The summed E-state index contributed by atoms with van der Waals surface area (Å²) in [7, 11) is -3.79. The van der Waals surface area contributed by atoms with E-state index in [-0.39, 0.29) is 4.90 Å². The van der Waals surface area contributed by atoms with E-state index in [1.165, 1.54) is 24.3 Å². The molecule has 124 valence electrons. The minimum Gasteiger partial charge on any atom is -0.394 e. The summed E-state index contributed by atoms with van der Waals surface area (Å²) >= 11 is 1.03. The second-order valence-corrected chi connectivity index (χ2v) is 7.56. The van der Waals surface area contributed by atoms with Crippen molar-refractivity contribution >= 4 is 21.8 Å². The van der Waals surface area contributed by atoms with Crippen LogP contribution in [0.1, 0.15) is 0 Å². The van der Waals surface area contributed by atoms with Gasteiger partial charge in [-0.25, -0.2) is 13.6 Å². The number of primary sulfonamides is 1. The van der Waals surface area contributed by atoms with Crippen molar-refractivity contribution in [1.82, 2.24) is 0 Å². The first kappa shape index (κ1) is 17.6. The van der Waals surface area contributed by atoms with Crippen LogP contribution in [-0.4, -0.2) is 65.3 Å². The zero-order valence-corrected chi connectivity index (χ0v) is 12.9. The SMILES string of the molecule is NS(=O)(=O)c1ccc(S[C@@H]2O[C@H](CO)[C@H](O)[C@H](O)[C@H]2O)cc1. The van der Waals surface area contributed by atoms with Gasteiger partial charge < -0.3 is 25.2 Å². The molecule has 22 heavy (non-hydrogen) atoms. The molecule has 1 aromatic rings. The van der Waals surface area contributed by atoms with E-state index in [4.69, 9.17) is 15.0 Å². The summed E-state index contributed by atoms with van der Waals surface area (Å²) in [5.41, 5.74) is -0.920. The van der Waals surface area contributed by atoms with Crippen LogP contribution in [-0.2, 0) is 14.8 Å². The van der Waals surface area contributed by atoms with Gasteiger partial charge in [0, 0.05) is 4.90 Å². The molecule has 1 aliphatic heterocycles. The van der Waals surface area contributed by atoms with Crippen LogP contribution in [0.15, 0.2) is 34.1 Å². The van der Waals surface area contributed by atoms with E-state index < -0.39 is 46.5 Å². The molecule has 1 heterocycles. The molecular weight excluding hydrogens is 334 g/mol. The van der Waals surface area contributed by atoms with E-state index in [1.807, 2.05) is 0 Å². The predicted molar refractivity (Wildman–Crippen MR) is 77.4 cm³/mol. The number of aliphatic hydroxyl groups excluding tert-OH is 4. The van der Waals surface area contributed by atoms with E-state index in [2.05, 4.69) is 0 Å². The smallest absolute Gasteiger partial charge is 0.238 e. The fourth-order valence-electron chi connectivity index (χ4n) is 2.01. The largest absolute Gasteiger partial charge is 0.394 e. The summed E-state index contributed by atoms with van der Waals surface area (Å²) in [5.74, 6) is 0. The van der Waals surface area contributed by atoms with Crippen LogP contribution < -0.4 is 5.14 Å². The van der Waals surface area contributed by atoms with E-state index in [0.717, 1.165) is 11.8 Å². The third kappa shape index (κ3) is 3.78. The number of aliphatic hydroxyl groups is 4. The number of ether oxygens (including phenoxy) is 1. The molecule has 6 N–H and O–H groups in total. The van der Waals surface area contributed by atoms with Gasteiger partial charge in [-0.1, -0.05) is 11.8 Å². The molecule has 1 fully saturated rings. The molecule has 2 rings (SSSR count). The van der Waals surface area contributed by atoms with Crippen LogP contribution in [0.4, 0.5) is 0 Å². The van der Waals surface area contributed by atoms with Gasteiger partial charge in [0.1, 0.15) is 29.9 Å². The first-order valence-electron chi connectivity index (χ1n) is 6.34. The lowest BCUT2D eigenvalue weighted by Crippen LogP contribution is -2.57. The highest BCUT2D eigenvalue weighted by Gasteiger charge is 2.43. The Balaban J connectivity index is 2.12. The lowest BCUT2D eigenvalue weighted by atomic mass is 10.0. The Hall–Kier alpha value is -0.720. The molecule has 0 aliphatic carbocycles. The highest BCUT2D eigenvalue weighted by atomic mass is 32.2. The molecule has 8 nitrogen and oxygen atoms in total. The lowest BCUT2D eigenvalue weighted by Gasteiger charge is -2.39. The minimum atomic E-state index is -3.79. The van der Waals surface area contributed by atoms with E-state index in [0.29, 0.717) is 4.90 Å². The number of thioether (sulfide) groups is 1. The Kier molecular flexibility index (Phi) is 5.45. The maximum Gasteiger partial charge on any atom is 0.238 e. The molecular formula is C12H17NO7S2. The molecule has 10 heteroatoms. The first-order chi connectivity index (χ1) is 10.2. The van der Waals surface area contributed by atoms with Gasteiger partial charge in [-0.05, 0) is 24.3 Å². The summed E-state index contributed by atoms with van der Waals surface area (Å²) in [4.78, 5) is 0.516. The number of rotatable bonds is 4. The molecule has 5 atom stereocenters. The number of nitrogens with two attached hydrogens (primary N) is 1.